The summed E-state index contributed by atoms with van der Waals surface area (Å²) in [5.74, 6) is 6.22. The van der Waals surface area contributed by atoms with E-state index in [2.05, 4.69) is 27.2 Å². The van der Waals surface area contributed by atoms with Crippen LogP contribution >= 0.6 is 11.6 Å². The first-order valence-corrected chi connectivity index (χ1v) is 10.6. The van der Waals surface area contributed by atoms with Crippen LogP contribution in [0.4, 0.5) is 5.82 Å². The summed E-state index contributed by atoms with van der Waals surface area (Å²) in [5, 5.41) is 7.38. The zero-order chi connectivity index (χ0) is 22.7. The quantitative estimate of drug-likeness (QED) is 0.621. The molecule has 1 saturated heterocycles. The van der Waals surface area contributed by atoms with Crippen molar-refractivity contribution in [3.05, 3.63) is 76.2 Å². The van der Waals surface area contributed by atoms with E-state index in [-0.39, 0.29) is 22.7 Å². The van der Waals surface area contributed by atoms with Crippen LogP contribution in [0.1, 0.15) is 46.6 Å². The number of pyridine rings is 1. The van der Waals surface area contributed by atoms with Crippen molar-refractivity contribution in [2.45, 2.75) is 26.3 Å². The lowest BCUT2D eigenvalue weighted by molar-refractivity contribution is -0.127. The SMILES string of the molecule is CC(=O)N1CC[C@@H](n2ncc(Cl)c2C(=O)Nc2ncc(C#Cc3ccccc3)cc2C)C1. The van der Waals surface area contributed by atoms with Gasteiger partial charge in [0, 0.05) is 37.3 Å². The first-order valence-electron chi connectivity index (χ1n) is 10.3. The Morgan fingerprint density at radius 3 is 2.59 bits per heavy atom. The fourth-order valence-electron chi connectivity index (χ4n) is 3.66. The molecule has 8 heteroatoms. The van der Waals surface area contributed by atoms with E-state index in [1.54, 1.807) is 15.8 Å². The molecule has 1 aliphatic rings. The Bertz CT molecular complexity index is 1230. The van der Waals surface area contributed by atoms with Crippen LogP contribution in [-0.2, 0) is 4.79 Å². The lowest BCUT2D eigenvalue weighted by Crippen LogP contribution is -2.28. The van der Waals surface area contributed by atoms with Gasteiger partial charge in [-0.15, -0.1) is 0 Å². The maximum Gasteiger partial charge on any atom is 0.276 e. The Hall–Kier alpha value is -3.63. The summed E-state index contributed by atoms with van der Waals surface area (Å²) in [7, 11) is 0. The highest BCUT2D eigenvalue weighted by atomic mass is 35.5. The molecule has 0 saturated carbocycles. The van der Waals surface area contributed by atoms with Crippen molar-refractivity contribution in [1.29, 1.82) is 0 Å². The summed E-state index contributed by atoms with van der Waals surface area (Å²) in [6, 6.07) is 11.5. The summed E-state index contributed by atoms with van der Waals surface area (Å²) >= 11 is 6.28. The molecule has 1 aliphatic heterocycles. The van der Waals surface area contributed by atoms with E-state index in [1.807, 2.05) is 43.3 Å². The minimum Gasteiger partial charge on any atom is -0.341 e. The maximum atomic E-state index is 13.0. The first kappa shape index (κ1) is 21.6. The normalized spacial score (nSPS) is 15.2. The Morgan fingerprint density at radius 2 is 1.91 bits per heavy atom. The molecule has 0 aliphatic carbocycles. The van der Waals surface area contributed by atoms with Crippen LogP contribution in [0.15, 0.2) is 48.8 Å². The molecule has 3 aromatic rings. The number of aryl methyl sites for hydroxylation is 1. The van der Waals surface area contributed by atoms with E-state index in [4.69, 9.17) is 11.6 Å². The van der Waals surface area contributed by atoms with Crippen LogP contribution in [0, 0.1) is 18.8 Å². The summed E-state index contributed by atoms with van der Waals surface area (Å²) in [6.45, 7) is 4.52. The number of likely N-dealkylation sites (tertiary alicyclic amines) is 1. The van der Waals surface area contributed by atoms with Crippen LogP contribution in [0.25, 0.3) is 0 Å². The smallest absolute Gasteiger partial charge is 0.276 e. The number of aromatic nitrogens is 3. The standard InChI is InChI=1S/C24H22ClN5O2/c1-16-12-19(9-8-18-6-4-3-5-7-18)13-26-23(16)28-24(32)22-21(25)14-27-30(22)20-10-11-29(15-20)17(2)31/h3-7,12-14,20H,10-11,15H2,1-2H3,(H,26,28,32)/t20-/m1/s1. The minimum atomic E-state index is -0.396. The van der Waals surface area contributed by atoms with Crippen molar-refractivity contribution in [2.24, 2.45) is 0 Å². The number of hydrogen-bond donors (Lipinski definition) is 1. The van der Waals surface area contributed by atoms with Gasteiger partial charge in [0.05, 0.1) is 17.3 Å². The molecule has 1 aromatic carbocycles. The molecular weight excluding hydrogens is 426 g/mol. The molecule has 1 N–H and O–H groups in total. The van der Waals surface area contributed by atoms with Gasteiger partial charge in [-0.05, 0) is 37.1 Å². The average molecular weight is 448 g/mol. The van der Waals surface area contributed by atoms with Gasteiger partial charge in [-0.1, -0.05) is 41.6 Å². The molecule has 1 atom stereocenters. The van der Waals surface area contributed by atoms with E-state index >= 15 is 0 Å². The zero-order valence-corrected chi connectivity index (χ0v) is 18.6. The highest BCUT2D eigenvalue weighted by Gasteiger charge is 2.30. The van der Waals surface area contributed by atoms with Crippen molar-refractivity contribution in [2.75, 3.05) is 18.4 Å². The average Bonchev–Trinajstić information content (AvgIpc) is 3.41. The van der Waals surface area contributed by atoms with Gasteiger partial charge in [0.2, 0.25) is 5.91 Å². The van der Waals surface area contributed by atoms with Crippen molar-refractivity contribution < 1.29 is 9.59 Å². The number of benzene rings is 1. The maximum absolute atomic E-state index is 13.0. The van der Waals surface area contributed by atoms with Gasteiger partial charge >= 0.3 is 0 Å². The lowest BCUT2D eigenvalue weighted by Gasteiger charge is -2.16. The number of anilines is 1. The van der Waals surface area contributed by atoms with Gasteiger partial charge in [-0.25, -0.2) is 4.98 Å². The number of halogens is 1. The van der Waals surface area contributed by atoms with E-state index in [9.17, 15) is 9.59 Å². The topological polar surface area (TPSA) is 80.1 Å². The van der Waals surface area contributed by atoms with Crippen LogP contribution in [0.3, 0.4) is 0 Å². The van der Waals surface area contributed by atoms with E-state index < -0.39 is 5.91 Å². The molecule has 3 heterocycles. The van der Waals surface area contributed by atoms with Gasteiger partial charge in [0.25, 0.3) is 5.91 Å². The molecule has 0 spiro atoms. The molecule has 2 amide bonds. The highest BCUT2D eigenvalue weighted by molar-refractivity contribution is 6.34. The third-order valence-electron chi connectivity index (χ3n) is 5.36. The predicted molar refractivity (Wildman–Crippen MR) is 122 cm³/mol. The molecule has 0 bridgehead atoms. The van der Waals surface area contributed by atoms with Gasteiger partial charge in [0.1, 0.15) is 11.5 Å². The number of nitrogens with one attached hydrogen (secondary N) is 1. The molecule has 2 aromatic heterocycles. The fraction of sp³-hybridized carbons (Fsp3) is 0.250. The molecule has 4 rings (SSSR count). The largest absolute Gasteiger partial charge is 0.341 e. The van der Waals surface area contributed by atoms with Gasteiger partial charge in [-0.2, -0.15) is 5.10 Å². The number of rotatable bonds is 3. The number of carbonyl (C=O) groups is 2. The predicted octanol–water partition coefficient (Wildman–Crippen LogP) is 3.69. The van der Waals surface area contributed by atoms with Crippen molar-refractivity contribution in [3.63, 3.8) is 0 Å². The molecule has 7 nitrogen and oxygen atoms in total. The van der Waals surface area contributed by atoms with Crippen LogP contribution < -0.4 is 5.32 Å². The Balaban J connectivity index is 1.51. The third kappa shape index (κ3) is 4.66. The van der Waals surface area contributed by atoms with Gasteiger partial charge in [-0.3, -0.25) is 14.3 Å². The monoisotopic (exact) mass is 447 g/mol. The molecular formula is C24H22ClN5O2. The minimum absolute atomic E-state index is 0.00651. The molecule has 162 valence electrons. The third-order valence-corrected chi connectivity index (χ3v) is 5.63. The van der Waals surface area contributed by atoms with E-state index in [1.165, 1.54) is 13.1 Å². The molecule has 0 unspecified atom stereocenters. The summed E-state index contributed by atoms with van der Waals surface area (Å²) in [6.07, 6.45) is 3.79. The van der Waals surface area contributed by atoms with Crippen LogP contribution in [-0.4, -0.2) is 44.6 Å². The van der Waals surface area contributed by atoms with Gasteiger partial charge < -0.3 is 10.2 Å². The zero-order valence-electron chi connectivity index (χ0n) is 17.8. The molecule has 0 radical (unpaired) electrons. The Morgan fingerprint density at radius 1 is 1.16 bits per heavy atom. The van der Waals surface area contributed by atoms with E-state index in [0.717, 1.165) is 16.7 Å². The Labute approximate surface area is 191 Å². The Kier molecular flexibility index (Phi) is 6.24. The lowest BCUT2D eigenvalue weighted by atomic mass is 10.1. The first-order chi connectivity index (χ1) is 15.4. The summed E-state index contributed by atoms with van der Waals surface area (Å²) in [5.41, 5.74) is 2.71. The fourth-order valence-corrected chi connectivity index (χ4v) is 3.88. The van der Waals surface area contributed by atoms with Crippen LogP contribution in [0.2, 0.25) is 5.02 Å². The number of nitrogens with zero attached hydrogens (tertiary/aromatic N) is 4. The number of amides is 2. The second-order valence-electron chi connectivity index (χ2n) is 7.65. The second kappa shape index (κ2) is 9.25. The van der Waals surface area contributed by atoms with Gasteiger partial charge in [0.15, 0.2) is 0 Å². The molecule has 1 fully saturated rings. The summed E-state index contributed by atoms with van der Waals surface area (Å²) < 4.78 is 1.61. The highest BCUT2D eigenvalue weighted by Crippen LogP contribution is 2.27. The van der Waals surface area contributed by atoms with Crippen molar-refractivity contribution >= 4 is 29.2 Å². The number of carbonyl (C=O) groups excluding carboxylic acids is 2. The van der Waals surface area contributed by atoms with Crippen LogP contribution in [0.5, 0.6) is 0 Å². The van der Waals surface area contributed by atoms with Crippen molar-refractivity contribution in [3.8, 4) is 11.8 Å². The van der Waals surface area contributed by atoms with E-state index in [0.29, 0.717) is 25.3 Å². The molecule has 32 heavy (non-hydrogen) atoms. The second-order valence-corrected chi connectivity index (χ2v) is 8.06. The number of hydrogen-bond acceptors (Lipinski definition) is 4. The van der Waals surface area contributed by atoms with Crippen molar-refractivity contribution in [1.82, 2.24) is 19.7 Å². The summed E-state index contributed by atoms with van der Waals surface area (Å²) in [4.78, 5) is 30.8.